The highest BCUT2D eigenvalue weighted by Crippen LogP contribution is 2.34. The number of hydrogen-bond acceptors (Lipinski definition) is 6. The molecule has 0 aromatic carbocycles. The maximum atomic E-state index is 12.2. The van der Waals surface area contributed by atoms with Crippen molar-refractivity contribution >= 4 is 23.6 Å². The number of imide groups is 2. The minimum Gasteiger partial charge on any atom is -0.277 e. The number of carbonyl (C=O) groups is 4. The first-order chi connectivity index (χ1) is 11.2. The molecule has 2 rings (SSSR count). The molecule has 132 valence electrons. The third kappa shape index (κ3) is 2.53. The molecule has 0 aromatic heterocycles. The SMILES string of the molecule is CCCCN1C(=O)C(C)(N=NC2(C)C(=O)N(CCCC)C2=O)C1=O. The molecule has 2 aliphatic rings. The predicted molar refractivity (Wildman–Crippen MR) is 84.9 cm³/mol. The van der Waals surface area contributed by atoms with Crippen LogP contribution in [0, 0.1) is 0 Å². The van der Waals surface area contributed by atoms with Gasteiger partial charge in [0, 0.05) is 13.1 Å². The topological polar surface area (TPSA) is 99.5 Å². The zero-order valence-electron chi connectivity index (χ0n) is 14.7. The van der Waals surface area contributed by atoms with E-state index in [4.69, 9.17) is 0 Å². The Morgan fingerprint density at radius 2 is 1.00 bits per heavy atom. The van der Waals surface area contributed by atoms with Crippen molar-refractivity contribution in [3.05, 3.63) is 0 Å². The Bertz CT molecular complexity index is 529. The van der Waals surface area contributed by atoms with Gasteiger partial charge < -0.3 is 0 Å². The van der Waals surface area contributed by atoms with Crippen molar-refractivity contribution in [2.24, 2.45) is 10.2 Å². The minimum atomic E-state index is -1.61. The van der Waals surface area contributed by atoms with Gasteiger partial charge in [-0.1, -0.05) is 26.7 Å². The molecule has 4 amide bonds. The second kappa shape index (κ2) is 6.41. The lowest BCUT2D eigenvalue weighted by Crippen LogP contribution is -2.70. The molecule has 0 unspecified atom stereocenters. The Hall–Kier alpha value is -2.12. The van der Waals surface area contributed by atoms with Crippen molar-refractivity contribution in [3.8, 4) is 0 Å². The number of amides is 4. The van der Waals surface area contributed by atoms with Crippen molar-refractivity contribution < 1.29 is 19.2 Å². The van der Waals surface area contributed by atoms with Gasteiger partial charge in [0.25, 0.3) is 23.6 Å². The molecule has 8 heteroatoms. The zero-order chi connectivity index (χ0) is 18.1. The average Bonchev–Trinajstić information content (AvgIpc) is 2.59. The van der Waals surface area contributed by atoms with E-state index in [0.717, 1.165) is 35.5 Å². The zero-order valence-corrected chi connectivity index (χ0v) is 14.7. The number of β-lactam (4-membered cyclic amide) rings is 4. The first-order valence-corrected chi connectivity index (χ1v) is 8.40. The minimum absolute atomic E-state index is 0.360. The van der Waals surface area contributed by atoms with E-state index >= 15 is 0 Å². The van der Waals surface area contributed by atoms with Crippen LogP contribution in [-0.2, 0) is 19.2 Å². The summed E-state index contributed by atoms with van der Waals surface area (Å²) in [4.78, 5) is 50.9. The first kappa shape index (κ1) is 18.2. The molecule has 2 saturated heterocycles. The number of hydrogen-bond donors (Lipinski definition) is 0. The fourth-order valence-electron chi connectivity index (χ4n) is 2.72. The maximum Gasteiger partial charge on any atom is 0.268 e. The largest absolute Gasteiger partial charge is 0.277 e. The number of likely N-dealkylation sites (tertiary alicyclic amines) is 2. The molecule has 0 aromatic rings. The molecule has 24 heavy (non-hydrogen) atoms. The quantitative estimate of drug-likeness (QED) is 0.379. The molecular weight excluding hydrogens is 312 g/mol. The van der Waals surface area contributed by atoms with Crippen molar-refractivity contribution in [3.63, 3.8) is 0 Å². The van der Waals surface area contributed by atoms with Gasteiger partial charge in [0.15, 0.2) is 0 Å². The fraction of sp³-hybridized carbons (Fsp3) is 0.750. The van der Waals surface area contributed by atoms with Crippen LogP contribution in [0.15, 0.2) is 10.2 Å². The molecule has 0 bridgehead atoms. The summed E-state index contributed by atoms with van der Waals surface area (Å²) in [6.07, 6.45) is 3.19. The van der Waals surface area contributed by atoms with E-state index in [-0.39, 0.29) is 0 Å². The van der Waals surface area contributed by atoms with Crippen molar-refractivity contribution in [2.45, 2.75) is 64.5 Å². The smallest absolute Gasteiger partial charge is 0.268 e. The van der Waals surface area contributed by atoms with Crippen LogP contribution in [0.5, 0.6) is 0 Å². The third-order valence-electron chi connectivity index (χ3n) is 4.57. The molecule has 2 fully saturated rings. The normalized spacial score (nSPS) is 22.2. The van der Waals surface area contributed by atoms with Gasteiger partial charge in [-0.05, 0) is 26.7 Å². The summed E-state index contributed by atoms with van der Waals surface area (Å²) in [5, 5.41) is 7.61. The lowest BCUT2D eigenvalue weighted by molar-refractivity contribution is -0.171. The Kier molecular flexibility index (Phi) is 4.87. The van der Waals surface area contributed by atoms with Crippen LogP contribution in [0.25, 0.3) is 0 Å². The summed E-state index contributed by atoms with van der Waals surface area (Å²) in [6.45, 7) is 7.39. The second-order valence-electron chi connectivity index (χ2n) is 6.58. The van der Waals surface area contributed by atoms with Crippen LogP contribution in [0.2, 0.25) is 0 Å². The van der Waals surface area contributed by atoms with E-state index in [0.29, 0.717) is 13.1 Å². The molecule has 0 N–H and O–H groups in total. The van der Waals surface area contributed by atoms with Gasteiger partial charge in [0.2, 0.25) is 11.1 Å². The lowest BCUT2D eigenvalue weighted by Gasteiger charge is -2.43. The number of unbranched alkanes of at least 4 members (excludes halogenated alkanes) is 2. The average molecular weight is 336 g/mol. The summed E-state index contributed by atoms with van der Waals surface area (Å²) < 4.78 is 0. The van der Waals surface area contributed by atoms with Crippen LogP contribution in [-0.4, -0.2) is 57.6 Å². The van der Waals surface area contributed by atoms with E-state index in [9.17, 15) is 19.2 Å². The summed E-state index contributed by atoms with van der Waals surface area (Å²) in [6, 6.07) is 0. The van der Waals surface area contributed by atoms with Gasteiger partial charge in [0.1, 0.15) is 0 Å². The second-order valence-corrected chi connectivity index (χ2v) is 6.58. The summed E-state index contributed by atoms with van der Waals surface area (Å²) in [5.41, 5.74) is -3.22. The first-order valence-electron chi connectivity index (χ1n) is 8.40. The maximum absolute atomic E-state index is 12.2. The Balaban J connectivity index is 2.06. The van der Waals surface area contributed by atoms with E-state index < -0.39 is 34.7 Å². The fourth-order valence-corrected chi connectivity index (χ4v) is 2.72. The highest BCUT2D eigenvalue weighted by atomic mass is 16.2. The van der Waals surface area contributed by atoms with Gasteiger partial charge in [-0.15, -0.1) is 0 Å². The van der Waals surface area contributed by atoms with E-state index in [1.54, 1.807) is 0 Å². The molecule has 0 saturated carbocycles. The van der Waals surface area contributed by atoms with Crippen molar-refractivity contribution in [1.29, 1.82) is 0 Å². The number of azo groups is 1. The summed E-state index contributed by atoms with van der Waals surface area (Å²) in [5.74, 6) is -1.74. The molecular formula is C16H24N4O4. The summed E-state index contributed by atoms with van der Waals surface area (Å²) >= 11 is 0. The Labute approximate surface area is 141 Å². The van der Waals surface area contributed by atoms with Crippen LogP contribution in [0.1, 0.15) is 53.4 Å². The van der Waals surface area contributed by atoms with Gasteiger partial charge in [-0.25, -0.2) is 0 Å². The molecule has 2 heterocycles. The lowest BCUT2D eigenvalue weighted by atomic mass is 9.88. The molecule has 0 aliphatic carbocycles. The van der Waals surface area contributed by atoms with Gasteiger partial charge in [-0.2, -0.15) is 10.2 Å². The monoisotopic (exact) mass is 336 g/mol. The van der Waals surface area contributed by atoms with Crippen LogP contribution < -0.4 is 0 Å². The highest BCUT2D eigenvalue weighted by Gasteiger charge is 2.62. The van der Waals surface area contributed by atoms with Crippen LogP contribution in [0.3, 0.4) is 0 Å². The van der Waals surface area contributed by atoms with E-state index in [1.807, 2.05) is 13.8 Å². The van der Waals surface area contributed by atoms with E-state index in [1.165, 1.54) is 13.8 Å². The molecule has 0 spiro atoms. The molecule has 0 atom stereocenters. The van der Waals surface area contributed by atoms with Gasteiger partial charge >= 0.3 is 0 Å². The number of carbonyl (C=O) groups excluding carboxylic acids is 4. The van der Waals surface area contributed by atoms with Crippen LogP contribution >= 0.6 is 0 Å². The number of nitrogens with zero attached hydrogens (tertiary/aromatic N) is 4. The molecule has 8 nitrogen and oxygen atoms in total. The third-order valence-corrected chi connectivity index (χ3v) is 4.57. The highest BCUT2D eigenvalue weighted by molar-refractivity contribution is 6.26. The van der Waals surface area contributed by atoms with Gasteiger partial charge in [0.05, 0.1) is 0 Å². The van der Waals surface area contributed by atoms with Crippen molar-refractivity contribution in [1.82, 2.24) is 9.80 Å². The Morgan fingerprint density at radius 3 is 1.25 bits per heavy atom. The summed E-state index contributed by atoms with van der Waals surface area (Å²) in [7, 11) is 0. The molecule has 0 radical (unpaired) electrons. The standard InChI is InChI=1S/C16H24N4O4/c1-5-7-9-19-11(21)15(3,12(19)22)17-18-16(4)13(23)20(14(16)24)10-8-6-2/h5-10H2,1-4H3. The van der Waals surface area contributed by atoms with Gasteiger partial charge in [-0.3, -0.25) is 29.0 Å². The van der Waals surface area contributed by atoms with Crippen LogP contribution in [0.4, 0.5) is 0 Å². The van der Waals surface area contributed by atoms with Crippen molar-refractivity contribution in [2.75, 3.05) is 13.1 Å². The Morgan fingerprint density at radius 1 is 0.708 bits per heavy atom. The molecule has 2 aliphatic heterocycles. The van der Waals surface area contributed by atoms with E-state index in [2.05, 4.69) is 10.2 Å². The number of rotatable bonds is 8. The predicted octanol–water partition coefficient (Wildman–Crippen LogP) is 1.29.